The minimum Gasteiger partial charge on any atom is -0.488 e. The van der Waals surface area contributed by atoms with Crippen LogP contribution in [0, 0.1) is 6.92 Å². The van der Waals surface area contributed by atoms with Crippen molar-refractivity contribution in [3.63, 3.8) is 0 Å². The van der Waals surface area contributed by atoms with E-state index in [0.717, 1.165) is 12.2 Å². The number of benzene rings is 1. The van der Waals surface area contributed by atoms with Crippen LogP contribution < -0.4 is 10.3 Å². The van der Waals surface area contributed by atoms with E-state index in [1.165, 1.54) is 23.4 Å². The molecule has 0 radical (unpaired) electrons. The lowest BCUT2D eigenvalue weighted by atomic mass is 10.1. The Kier molecular flexibility index (Phi) is 2.63. The van der Waals surface area contributed by atoms with Gasteiger partial charge in [-0.2, -0.15) is 0 Å². The Morgan fingerprint density at radius 2 is 2.33 bits per heavy atom. The first-order chi connectivity index (χ1) is 8.72. The molecule has 2 heterocycles. The molecule has 1 aliphatic heterocycles. The molecule has 1 aromatic carbocycles. The van der Waals surface area contributed by atoms with Crippen molar-refractivity contribution >= 4 is 0 Å². The van der Waals surface area contributed by atoms with Crippen molar-refractivity contribution in [3.8, 4) is 5.75 Å². The fourth-order valence-corrected chi connectivity index (χ4v) is 2.29. The van der Waals surface area contributed by atoms with Gasteiger partial charge in [0.1, 0.15) is 11.9 Å². The second-order valence-corrected chi connectivity index (χ2v) is 4.63. The smallest absolute Gasteiger partial charge is 0.253 e. The predicted octanol–water partition coefficient (Wildman–Crippen LogP) is 1.56. The molecule has 0 spiro atoms. The number of aromatic nitrogens is 2. The summed E-state index contributed by atoms with van der Waals surface area (Å²) in [7, 11) is 0. The Hall–Kier alpha value is -2.10. The van der Waals surface area contributed by atoms with E-state index in [4.69, 9.17) is 4.74 Å². The van der Waals surface area contributed by atoms with Crippen molar-refractivity contribution in [3.05, 3.63) is 58.3 Å². The maximum Gasteiger partial charge on any atom is 0.253 e. The Bertz CT molecular complexity index is 634. The molecule has 1 unspecified atom stereocenters. The average Bonchev–Trinajstić information content (AvgIpc) is 2.73. The third kappa shape index (κ3) is 2.01. The van der Waals surface area contributed by atoms with Gasteiger partial charge in [-0.25, -0.2) is 4.98 Å². The third-order valence-electron chi connectivity index (χ3n) is 3.15. The van der Waals surface area contributed by atoms with Gasteiger partial charge < -0.3 is 4.74 Å². The van der Waals surface area contributed by atoms with Gasteiger partial charge in [-0.3, -0.25) is 9.36 Å². The lowest BCUT2D eigenvalue weighted by Gasteiger charge is -2.11. The molecule has 0 aliphatic carbocycles. The van der Waals surface area contributed by atoms with Gasteiger partial charge in [0.05, 0.1) is 12.9 Å². The molecule has 4 nitrogen and oxygen atoms in total. The van der Waals surface area contributed by atoms with Crippen LogP contribution in [0.2, 0.25) is 0 Å². The van der Waals surface area contributed by atoms with Crippen LogP contribution in [0.3, 0.4) is 0 Å². The van der Waals surface area contributed by atoms with Crippen molar-refractivity contribution in [2.24, 2.45) is 0 Å². The summed E-state index contributed by atoms with van der Waals surface area (Å²) < 4.78 is 7.42. The Balaban J connectivity index is 1.79. The van der Waals surface area contributed by atoms with E-state index in [2.05, 4.69) is 18.0 Å². The molecule has 1 aliphatic rings. The summed E-state index contributed by atoms with van der Waals surface area (Å²) in [4.78, 5) is 15.6. The number of rotatable bonds is 2. The number of aryl methyl sites for hydroxylation is 1. The fourth-order valence-electron chi connectivity index (χ4n) is 2.29. The van der Waals surface area contributed by atoms with E-state index < -0.39 is 0 Å². The molecule has 1 aromatic heterocycles. The van der Waals surface area contributed by atoms with E-state index in [1.807, 2.05) is 12.1 Å². The minimum atomic E-state index is -0.0410. The van der Waals surface area contributed by atoms with Gasteiger partial charge in [-0.1, -0.05) is 17.7 Å². The molecule has 0 N–H and O–H groups in total. The highest BCUT2D eigenvalue weighted by Gasteiger charge is 2.23. The zero-order valence-corrected chi connectivity index (χ0v) is 10.2. The first-order valence-corrected chi connectivity index (χ1v) is 5.99. The molecule has 3 rings (SSSR count). The van der Waals surface area contributed by atoms with Crippen LogP contribution in [0.4, 0.5) is 0 Å². The van der Waals surface area contributed by atoms with Crippen LogP contribution in [0.1, 0.15) is 11.1 Å². The number of hydrogen-bond acceptors (Lipinski definition) is 3. The molecule has 0 saturated carbocycles. The van der Waals surface area contributed by atoms with Crippen LogP contribution in [-0.2, 0) is 13.0 Å². The standard InChI is InChI=1S/C14H14N2O2/c1-10-2-3-13-11(6-10)7-12(18-13)8-16-9-15-5-4-14(16)17/h2-6,9,12H,7-8H2,1H3. The summed E-state index contributed by atoms with van der Waals surface area (Å²) >= 11 is 0. The molecule has 0 saturated heterocycles. The van der Waals surface area contributed by atoms with Gasteiger partial charge in [0.25, 0.3) is 5.56 Å². The summed E-state index contributed by atoms with van der Waals surface area (Å²) in [6.45, 7) is 2.61. The van der Waals surface area contributed by atoms with Crippen molar-refractivity contribution < 1.29 is 4.74 Å². The van der Waals surface area contributed by atoms with Crippen molar-refractivity contribution in [1.29, 1.82) is 0 Å². The summed E-state index contributed by atoms with van der Waals surface area (Å²) in [5.41, 5.74) is 2.41. The topological polar surface area (TPSA) is 44.1 Å². The molecule has 2 aromatic rings. The van der Waals surface area contributed by atoms with E-state index in [-0.39, 0.29) is 11.7 Å². The Morgan fingerprint density at radius 3 is 3.17 bits per heavy atom. The summed E-state index contributed by atoms with van der Waals surface area (Å²) in [6, 6.07) is 7.64. The van der Waals surface area contributed by atoms with E-state index in [1.54, 1.807) is 10.9 Å². The summed E-state index contributed by atoms with van der Waals surface area (Å²) in [5, 5.41) is 0. The largest absolute Gasteiger partial charge is 0.488 e. The van der Waals surface area contributed by atoms with Crippen LogP contribution >= 0.6 is 0 Å². The second-order valence-electron chi connectivity index (χ2n) is 4.63. The fraction of sp³-hybridized carbons (Fsp3) is 0.286. The third-order valence-corrected chi connectivity index (χ3v) is 3.15. The molecule has 1 atom stereocenters. The molecule has 18 heavy (non-hydrogen) atoms. The molecule has 0 fully saturated rings. The van der Waals surface area contributed by atoms with Crippen LogP contribution in [0.15, 0.2) is 41.6 Å². The highest BCUT2D eigenvalue weighted by atomic mass is 16.5. The molecule has 0 amide bonds. The van der Waals surface area contributed by atoms with Crippen LogP contribution in [0.5, 0.6) is 5.75 Å². The van der Waals surface area contributed by atoms with Crippen molar-refractivity contribution in [2.75, 3.05) is 0 Å². The summed E-state index contributed by atoms with van der Waals surface area (Å²) in [5.74, 6) is 0.933. The highest BCUT2D eigenvalue weighted by Crippen LogP contribution is 2.29. The minimum absolute atomic E-state index is 0.0173. The zero-order valence-electron chi connectivity index (χ0n) is 10.2. The predicted molar refractivity (Wildman–Crippen MR) is 67.8 cm³/mol. The maximum absolute atomic E-state index is 11.6. The maximum atomic E-state index is 11.6. The lowest BCUT2D eigenvalue weighted by molar-refractivity contribution is 0.207. The number of nitrogens with zero attached hydrogens (tertiary/aromatic N) is 2. The molecular weight excluding hydrogens is 228 g/mol. The van der Waals surface area contributed by atoms with Gasteiger partial charge in [-0.15, -0.1) is 0 Å². The number of hydrogen-bond donors (Lipinski definition) is 0. The highest BCUT2D eigenvalue weighted by molar-refractivity contribution is 5.40. The Morgan fingerprint density at radius 1 is 1.44 bits per heavy atom. The zero-order chi connectivity index (χ0) is 12.5. The average molecular weight is 242 g/mol. The van der Waals surface area contributed by atoms with Gasteiger partial charge >= 0.3 is 0 Å². The lowest BCUT2D eigenvalue weighted by Crippen LogP contribution is -2.28. The van der Waals surface area contributed by atoms with Gasteiger partial charge in [0.15, 0.2) is 0 Å². The normalized spacial score (nSPS) is 17.3. The first-order valence-electron chi connectivity index (χ1n) is 5.99. The van der Waals surface area contributed by atoms with E-state index in [0.29, 0.717) is 6.54 Å². The van der Waals surface area contributed by atoms with E-state index >= 15 is 0 Å². The quantitative estimate of drug-likeness (QED) is 0.802. The number of fused-ring (bicyclic) bond motifs is 1. The molecule has 92 valence electrons. The van der Waals surface area contributed by atoms with Gasteiger partial charge in [-0.05, 0) is 18.6 Å². The van der Waals surface area contributed by atoms with Crippen molar-refractivity contribution in [1.82, 2.24) is 9.55 Å². The van der Waals surface area contributed by atoms with Gasteiger partial charge in [0, 0.05) is 18.7 Å². The monoisotopic (exact) mass is 242 g/mol. The SMILES string of the molecule is Cc1ccc2c(c1)CC(Cn1cnccc1=O)O2. The summed E-state index contributed by atoms with van der Waals surface area (Å²) in [6.07, 6.45) is 3.92. The van der Waals surface area contributed by atoms with Crippen LogP contribution in [0.25, 0.3) is 0 Å². The Labute approximate surface area is 105 Å². The van der Waals surface area contributed by atoms with Crippen LogP contribution in [-0.4, -0.2) is 15.7 Å². The first kappa shape index (κ1) is 11.0. The molecule has 0 bridgehead atoms. The molecular formula is C14H14N2O2. The van der Waals surface area contributed by atoms with E-state index in [9.17, 15) is 4.79 Å². The van der Waals surface area contributed by atoms with Crippen molar-refractivity contribution in [2.45, 2.75) is 26.0 Å². The molecule has 4 heteroatoms. The van der Waals surface area contributed by atoms with Gasteiger partial charge in [0.2, 0.25) is 0 Å². The number of ether oxygens (including phenoxy) is 1. The second kappa shape index (κ2) is 4.29.